The molecule has 2 nitrogen and oxygen atoms in total. The van der Waals surface area contributed by atoms with Gasteiger partial charge in [0.1, 0.15) is 6.61 Å². The number of halogens is 2. The van der Waals surface area contributed by atoms with Crippen molar-refractivity contribution in [2.45, 2.75) is 13.8 Å². The van der Waals surface area contributed by atoms with Crippen LogP contribution in [0.1, 0.15) is 13.8 Å². The van der Waals surface area contributed by atoms with E-state index in [0.717, 1.165) is 4.47 Å². The third kappa shape index (κ3) is 3.76. The molecule has 1 rings (SSSR count). The molecule has 0 unspecified atom stereocenters. The summed E-state index contributed by atoms with van der Waals surface area (Å²) in [6.07, 6.45) is 1.99. The maximum absolute atomic E-state index is 5.83. The van der Waals surface area contributed by atoms with Crippen LogP contribution in [0.15, 0.2) is 28.3 Å². The maximum Gasteiger partial charge on any atom is 0.156 e. The van der Waals surface area contributed by atoms with E-state index in [9.17, 15) is 0 Å². The van der Waals surface area contributed by atoms with Crippen LogP contribution in [0.3, 0.4) is 0 Å². The van der Waals surface area contributed by atoms with Crippen LogP contribution in [-0.2, 0) is 0 Å². The molecule has 0 atom stereocenters. The highest BCUT2D eigenvalue weighted by Crippen LogP contribution is 2.34. The Kier molecular flexibility index (Phi) is 4.48. The van der Waals surface area contributed by atoms with Crippen LogP contribution in [0.2, 0.25) is 5.02 Å². The fraction of sp³-hybridized carbons (Fsp3) is 0.273. The number of nitrogen functional groups attached to an aromatic ring is 1. The second kappa shape index (κ2) is 5.42. The number of ether oxygens (including phenoxy) is 1. The summed E-state index contributed by atoms with van der Waals surface area (Å²) in [6, 6.07) is 3.43. The van der Waals surface area contributed by atoms with E-state index in [4.69, 9.17) is 22.1 Å². The van der Waals surface area contributed by atoms with Crippen LogP contribution >= 0.6 is 27.5 Å². The first-order valence-corrected chi connectivity index (χ1v) is 5.68. The predicted octanol–water partition coefficient (Wildman–Crippen LogP) is 4.03. The van der Waals surface area contributed by atoms with Crippen LogP contribution in [0.5, 0.6) is 5.75 Å². The SMILES string of the molecule is CC(C)=CCOc1c(N)cc(Cl)cc1Br. The average molecular weight is 291 g/mol. The van der Waals surface area contributed by atoms with Crippen molar-refractivity contribution in [1.82, 2.24) is 0 Å². The van der Waals surface area contributed by atoms with Crippen LogP contribution in [0.4, 0.5) is 5.69 Å². The summed E-state index contributed by atoms with van der Waals surface area (Å²) in [7, 11) is 0. The maximum atomic E-state index is 5.83. The number of hydrogen-bond donors (Lipinski definition) is 1. The summed E-state index contributed by atoms with van der Waals surface area (Å²) in [4.78, 5) is 0. The normalized spacial score (nSPS) is 9.87. The van der Waals surface area contributed by atoms with Gasteiger partial charge >= 0.3 is 0 Å². The van der Waals surface area contributed by atoms with Crippen LogP contribution < -0.4 is 10.5 Å². The number of rotatable bonds is 3. The van der Waals surface area contributed by atoms with E-state index in [-0.39, 0.29) is 0 Å². The lowest BCUT2D eigenvalue weighted by atomic mass is 10.3. The first-order valence-electron chi connectivity index (χ1n) is 4.51. The van der Waals surface area contributed by atoms with E-state index in [0.29, 0.717) is 23.1 Å². The Balaban J connectivity index is 2.81. The van der Waals surface area contributed by atoms with E-state index in [1.165, 1.54) is 5.57 Å². The Hall–Kier alpha value is -0.670. The van der Waals surface area contributed by atoms with Gasteiger partial charge in [-0.1, -0.05) is 17.2 Å². The zero-order chi connectivity index (χ0) is 11.4. The Bertz CT molecular complexity index is 363. The number of hydrogen-bond acceptors (Lipinski definition) is 2. The molecule has 0 saturated heterocycles. The van der Waals surface area contributed by atoms with E-state index in [2.05, 4.69) is 15.9 Å². The van der Waals surface area contributed by atoms with Gasteiger partial charge in [-0.15, -0.1) is 0 Å². The Labute approximate surface area is 103 Å². The highest BCUT2D eigenvalue weighted by atomic mass is 79.9. The fourth-order valence-corrected chi connectivity index (χ4v) is 1.97. The minimum Gasteiger partial charge on any atom is -0.486 e. The average Bonchev–Trinajstić information content (AvgIpc) is 2.08. The van der Waals surface area contributed by atoms with Gasteiger partial charge in [0, 0.05) is 5.02 Å². The second-order valence-corrected chi connectivity index (χ2v) is 4.69. The van der Waals surface area contributed by atoms with Crippen LogP contribution in [0, 0.1) is 0 Å². The summed E-state index contributed by atoms with van der Waals surface area (Å²) in [6.45, 7) is 4.54. The van der Waals surface area contributed by atoms with E-state index >= 15 is 0 Å². The Morgan fingerprint density at radius 1 is 1.53 bits per heavy atom. The first-order chi connectivity index (χ1) is 7.00. The highest BCUT2D eigenvalue weighted by molar-refractivity contribution is 9.10. The monoisotopic (exact) mass is 289 g/mol. The third-order valence-corrected chi connectivity index (χ3v) is 2.56. The van der Waals surface area contributed by atoms with E-state index < -0.39 is 0 Å². The van der Waals surface area contributed by atoms with Crippen LogP contribution in [0.25, 0.3) is 0 Å². The predicted molar refractivity (Wildman–Crippen MR) is 68.5 cm³/mol. The smallest absolute Gasteiger partial charge is 0.156 e. The molecule has 1 aromatic carbocycles. The van der Waals surface area contributed by atoms with Crippen molar-refractivity contribution >= 4 is 33.2 Å². The first kappa shape index (κ1) is 12.4. The molecule has 1 aromatic rings. The lowest BCUT2D eigenvalue weighted by Crippen LogP contribution is -1.99. The molecular formula is C11H13BrClNO. The van der Waals surface area contributed by atoms with Crippen molar-refractivity contribution in [3.05, 3.63) is 33.3 Å². The molecule has 0 aliphatic heterocycles. The fourth-order valence-electron chi connectivity index (χ4n) is 1.02. The van der Waals surface area contributed by atoms with Gasteiger partial charge in [-0.05, 0) is 48.0 Å². The molecule has 0 saturated carbocycles. The molecule has 0 aliphatic carbocycles. The van der Waals surface area contributed by atoms with Crippen molar-refractivity contribution < 1.29 is 4.74 Å². The number of benzene rings is 1. The molecule has 15 heavy (non-hydrogen) atoms. The zero-order valence-corrected chi connectivity index (χ0v) is 11.0. The number of anilines is 1. The largest absolute Gasteiger partial charge is 0.486 e. The van der Waals surface area contributed by atoms with Gasteiger partial charge in [0.2, 0.25) is 0 Å². The lowest BCUT2D eigenvalue weighted by molar-refractivity contribution is 0.361. The van der Waals surface area contributed by atoms with Gasteiger partial charge in [-0.2, -0.15) is 0 Å². The summed E-state index contributed by atoms with van der Waals surface area (Å²) >= 11 is 9.18. The molecule has 4 heteroatoms. The molecule has 0 fully saturated rings. The molecule has 0 radical (unpaired) electrons. The van der Waals surface area contributed by atoms with E-state index in [1.807, 2.05) is 19.9 Å². The van der Waals surface area contributed by atoms with Crippen molar-refractivity contribution in [1.29, 1.82) is 0 Å². The summed E-state index contributed by atoms with van der Waals surface area (Å²) in [5.74, 6) is 0.636. The number of nitrogens with two attached hydrogens (primary N) is 1. The molecular weight excluding hydrogens is 277 g/mol. The molecule has 0 aromatic heterocycles. The molecule has 0 heterocycles. The molecule has 0 aliphatic rings. The summed E-state index contributed by atoms with van der Waals surface area (Å²) in [5, 5.41) is 0.592. The lowest BCUT2D eigenvalue weighted by Gasteiger charge is -2.09. The van der Waals surface area contributed by atoms with Crippen molar-refractivity contribution in [2.75, 3.05) is 12.3 Å². The Morgan fingerprint density at radius 2 is 2.20 bits per heavy atom. The molecule has 0 amide bonds. The van der Waals surface area contributed by atoms with E-state index in [1.54, 1.807) is 12.1 Å². The topological polar surface area (TPSA) is 35.2 Å². The zero-order valence-electron chi connectivity index (χ0n) is 8.68. The van der Waals surface area contributed by atoms with Gasteiger partial charge in [0.25, 0.3) is 0 Å². The van der Waals surface area contributed by atoms with Crippen molar-refractivity contribution in [3.63, 3.8) is 0 Å². The minimum atomic E-state index is 0.507. The molecule has 0 spiro atoms. The Morgan fingerprint density at radius 3 is 2.73 bits per heavy atom. The summed E-state index contributed by atoms with van der Waals surface area (Å²) < 4.78 is 6.30. The van der Waals surface area contributed by atoms with Crippen molar-refractivity contribution in [3.8, 4) is 5.75 Å². The minimum absolute atomic E-state index is 0.507. The van der Waals surface area contributed by atoms with Gasteiger partial charge in [0.15, 0.2) is 5.75 Å². The molecule has 0 bridgehead atoms. The van der Waals surface area contributed by atoms with Crippen LogP contribution in [-0.4, -0.2) is 6.61 Å². The quantitative estimate of drug-likeness (QED) is 0.674. The second-order valence-electron chi connectivity index (χ2n) is 3.40. The van der Waals surface area contributed by atoms with Crippen molar-refractivity contribution in [2.24, 2.45) is 0 Å². The third-order valence-electron chi connectivity index (χ3n) is 1.76. The molecule has 2 N–H and O–H groups in total. The standard InChI is InChI=1S/C11H13BrClNO/c1-7(2)3-4-15-11-9(12)5-8(13)6-10(11)14/h3,5-6H,4,14H2,1-2H3. The summed E-state index contributed by atoms with van der Waals surface area (Å²) in [5.41, 5.74) is 7.52. The van der Waals surface area contributed by atoms with Gasteiger partial charge in [-0.25, -0.2) is 0 Å². The van der Waals surface area contributed by atoms with Gasteiger partial charge in [-0.3, -0.25) is 0 Å². The molecule has 82 valence electrons. The highest BCUT2D eigenvalue weighted by Gasteiger charge is 2.06. The number of allylic oxidation sites excluding steroid dienone is 1. The van der Waals surface area contributed by atoms with Gasteiger partial charge < -0.3 is 10.5 Å². The van der Waals surface area contributed by atoms with Gasteiger partial charge in [0.05, 0.1) is 10.2 Å².